The van der Waals surface area contributed by atoms with E-state index in [2.05, 4.69) is 39.7 Å². The number of nitrogens with zero attached hydrogens (tertiary/aromatic N) is 7. The van der Waals surface area contributed by atoms with Crippen LogP contribution in [0.25, 0.3) is 11.0 Å². The van der Waals surface area contributed by atoms with Crippen molar-refractivity contribution in [2.45, 2.75) is 57.7 Å². The molecule has 3 atom stereocenters. The number of anilines is 1. The highest BCUT2D eigenvalue weighted by atomic mass is 19.1. The van der Waals surface area contributed by atoms with E-state index in [0.717, 1.165) is 24.9 Å². The van der Waals surface area contributed by atoms with Gasteiger partial charge in [0.15, 0.2) is 5.82 Å². The SMILES string of the molecule is CCC1CN(C(C(=NCC2CC2)OC)c2ccc(F)cc2)C(CC)CN1c1nc(=O)n(C)c2ccc(C#N)nc12. The van der Waals surface area contributed by atoms with Crippen LogP contribution in [0.1, 0.15) is 56.8 Å². The Hall–Kier alpha value is -3.84. The molecule has 9 nitrogen and oxygen atoms in total. The van der Waals surface area contributed by atoms with Gasteiger partial charge in [0.05, 0.1) is 12.6 Å². The molecule has 1 aliphatic heterocycles. The summed E-state index contributed by atoms with van der Waals surface area (Å²) in [4.78, 5) is 31.4. The molecule has 1 saturated carbocycles. The highest BCUT2D eigenvalue weighted by molar-refractivity contribution is 5.87. The van der Waals surface area contributed by atoms with E-state index in [1.54, 1.807) is 26.3 Å². The van der Waals surface area contributed by atoms with Gasteiger partial charge in [-0.15, -0.1) is 0 Å². The second-order valence-electron chi connectivity index (χ2n) is 10.7. The Bertz CT molecular complexity index is 1490. The average molecular weight is 546 g/mol. The second-order valence-corrected chi connectivity index (χ2v) is 10.7. The molecule has 210 valence electrons. The van der Waals surface area contributed by atoms with Crippen LogP contribution in [0.15, 0.2) is 46.2 Å². The van der Waals surface area contributed by atoms with Crippen molar-refractivity contribution in [3.05, 3.63) is 64.0 Å². The molecule has 10 heteroatoms. The van der Waals surface area contributed by atoms with Crippen LogP contribution in [0.5, 0.6) is 0 Å². The number of benzene rings is 1. The molecular weight excluding hydrogens is 509 g/mol. The highest BCUT2D eigenvalue weighted by Crippen LogP contribution is 2.35. The van der Waals surface area contributed by atoms with Crippen LogP contribution < -0.4 is 10.6 Å². The minimum absolute atomic E-state index is 0.00244. The van der Waals surface area contributed by atoms with Crippen LogP contribution in [0.3, 0.4) is 0 Å². The third kappa shape index (κ3) is 5.43. The van der Waals surface area contributed by atoms with Gasteiger partial charge in [-0.3, -0.25) is 14.5 Å². The van der Waals surface area contributed by atoms with Crippen LogP contribution >= 0.6 is 0 Å². The fraction of sp³-hybridized carbons (Fsp3) is 0.500. The molecule has 2 aromatic heterocycles. The molecule has 0 amide bonds. The summed E-state index contributed by atoms with van der Waals surface area (Å²) in [5.74, 6) is 1.46. The van der Waals surface area contributed by atoms with Crippen LogP contribution in [0.2, 0.25) is 0 Å². The van der Waals surface area contributed by atoms with Crippen molar-refractivity contribution in [2.75, 3.05) is 31.6 Å². The first kappa shape index (κ1) is 27.7. The first-order chi connectivity index (χ1) is 19.4. The Morgan fingerprint density at radius 3 is 2.48 bits per heavy atom. The molecular formula is C30H36FN7O2. The van der Waals surface area contributed by atoms with Crippen molar-refractivity contribution in [1.29, 1.82) is 5.26 Å². The normalized spacial score (nSPS) is 20.9. The first-order valence-electron chi connectivity index (χ1n) is 14.0. The maximum Gasteiger partial charge on any atom is 0.349 e. The average Bonchev–Trinajstić information content (AvgIpc) is 3.81. The summed E-state index contributed by atoms with van der Waals surface area (Å²) in [6.45, 7) is 6.23. The third-order valence-electron chi connectivity index (χ3n) is 8.17. The molecule has 1 aromatic carbocycles. The van der Waals surface area contributed by atoms with Crippen LogP contribution in [-0.4, -0.2) is 64.2 Å². The Morgan fingerprint density at radius 2 is 1.85 bits per heavy atom. The highest BCUT2D eigenvalue weighted by Gasteiger charge is 2.40. The van der Waals surface area contributed by atoms with Gasteiger partial charge in [-0.25, -0.2) is 14.2 Å². The zero-order valence-corrected chi connectivity index (χ0v) is 23.5. The zero-order chi connectivity index (χ0) is 28.4. The molecule has 0 N–H and O–H groups in total. The summed E-state index contributed by atoms with van der Waals surface area (Å²) in [7, 11) is 3.32. The van der Waals surface area contributed by atoms with Crippen molar-refractivity contribution >= 4 is 22.7 Å². The topological polar surface area (TPSA) is 99.6 Å². The standard InChI is InChI=1S/C30H36FN7O2/c1-5-23-18-38(28-26-25(36(3)30(39)35-28)14-13-22(15-32)34-26)24(6-2)17-37(23)27(20-9-11-21(31)12-10-20)29(40-4)33-16-19-7-8-19/h9-14,19,23-24,27H,5-8,16-18H2,1-4H3. The quantitative estimate of drug-likeness (QED) is 0.309. The van der Waals surface area contributed by atoms with Gasteiger partial charge in [-0.05, 0) is 61.4 Å². The lowest BCUT2D eigenvalue weighted by molar-refractivity contribution is 0.110. The lowest BCUT2D eigenvalue weighted by atomic mass is 9.95. The molecule has 1 saturated heterocycles. The molecule has 2 fully saturated rings. The number of piperazine rings is 1. The predicted octanol–water partition coefficient (Wildman–Crippen LogP) is 4.21. The largest absolute Gasteiger partial charge is 0.483 e. The molecule has 3 unspecified atom stereocenters. The summed E-state index contributed by atoms with van der Waals surface area (Å²) in [5.41, 5.74) is 2.02. The minimum Gasteiger partial charge on any atom is -0.483 e. The molecule has 0 radical (unpaired) electrons. The number of pyridine rings is 1. The predicted molar refractivity (Wildman–Crippen MR) is 153 cm³/mol. The molecule has 1 aliphatic carbocycles. The number of ether oxygens (including phenoxy) is 1. The second kappa shape index (κ2) is 11.7. The molecule has 3 aromatic rings. The van der Waals surface area contributed by atoms with Gasteiger partial charge in [0.1, 0.15) is 29.1 Å². The molecule has 0 bridgehead atoms. The summed E-state index contributed by atoms with van der Waals surface area (Å²) >= 11 is 0. The summed E-state index contributed by atoms with van der Waals surface area (Å²) < 4.78 is 21.3. The Balaban J connectivity index is 1.57. The van der Waals surface area contributed by atoms with E-state index < -0.39 is 0 Å². The summed E-state index contributed by atoms with van der Waals surface area (Å²) in [6, 6.07) is 11.9. The molecule has 3 heterocycles. The number of methoxy groups -OCH3 is 1. The van der Waals surface area contributed by atoms with Crippen molar-refractivity contribution in [3.8, 4) is 6.07 Å². The van der Waals surface area contributed by atoms with Crippen LogP contribution in [0.4, 0.5) is 10.2 Å². The smallest absolute Gasteiger partial charge is 0.349 e. The number of hydrogen-bond donors (Lipinski definition) is 0. The van der Waals surface area contributed by atoms with Gasteiger partial charge in [0.2, 0.25) is 5.90 Å². The van der Waals surface area contributed by atoms with Gasteiger partial charge < -0.3 is 9.64 Å². The van der Waals surface area contributed by atoms with Crippen molar-refractivity contribution in [1.82, 2.24) is 19.4 Å². The Kier molecular flexibility index (Phi) is 8.12. The lowest BCUT2D eigenvalue weighted by Gasteiger charge is -2.49. The maximum absolute atomic E-state index is 13.9. The van der Waals surface area contributed by atoms with Gasteiger partial charge in [0.25, 0.3) is 0 Å². The van der Waals surface area contributed by atoms with Gasteiger partial charge in [0, 0.05) is 38.8 Å². The zero-order valence-electron chi connectivity index (χ0n) is 23.5. The monoisotopic (exact) mass is 545 g/mol. The lowest BCUT2D eigenvalue weighted by Crippen LogP contribution is -2.60. The number of hydrogen-bond acceptors (Lipinski definition) is 8. The van der Waals surface area contributed by atoms with Crippen LogP contribution in [-0.2, 0) is 11.8 Å². The molecule has 2 aliphatic rings. The maximum atomic E-state index is 13.9. The van der Waals surface area contributed by atoms with Crippen molar-refractivity contribution in [3.63, 3.8) is 0 Å². The number of rotatable bonds is 8. The number of aryl methyl sites for hydroxylation is 1. The third-order valence-corrected chi connectivity index (χ3v) is 8.17. The van der Waals surface area contributed by atoms with E-state index in [-0.39, 0.29) is 35.3 Å². The fourth-order valence-corrected chi connectivity index (χ4v) is 5.63. The summed E-state index contributed by atoms with van der Waals surface area (Å²) in [6.07, 6.45) is 3.99. The van der Waals surface area contributed by atoms with Crippen molar-refractivity contribution < 1.29 is 9.13 Å². The molecule has 5 rings (SSSR count). The van der Waals surface area contributed by atoms with E-state index in [4.69, 9.17) is 9.73 Å². The Morgan fingerprint density at radius 1 is 1.12 bits per heavy atom. The molecule has 0 spiro atoms. The fourth-order valence-electron chi connectivity index (χ4n) is 5.63. The minimum atomic E-state index is -0.364. The van der Waals surface area contributed by atoms with Crippen LogP contribution in [0, 0.1) is 23.1 Å². The van der Waals surface area contributed by atoms with Gasteiger partial charge in [-0.2, -0.15) is 10.2 Å². The van der Waals surface area contributed by atoms with E-state index in [9.17, 15) is 14.4 Å². The number of aromatic nitrogens is 3. The number of halogens is 1. The first-order valence-corrected chi connectivity index (χ1v) is 14.0. The number of nitriles is 1. The number of aliphatic imine (C=N–C) groups is 1. The van der Waals surface area contributed by atoms with Crippen molar-refractivity contribution in [2.24, 2.45) is 18.0 Å². The van der Waals surface area contributed by atoms with E-state index in [1.807, 2.05) is 12.1 Å². The summed E-state index contributed by atoms with van der Waals surface area (Å²) in [5, 5.41) is 9.51. The van der Waals surface area contributed by atoms with E-state index in [1.165, 1.54) is 29.5 Å². The van der Waals surface area contributed by atoms with E-state index in [0.29, 0.717) is 41.8 Å². The van der Waals surface area contributed by atoms with Gasteiger partial charge in [-0.1, -0.05) is 26.0 Å². The van der Waals surface area contributed by atoms with E-state index >= 15 is 0 Å². The number of fused-ring (bicyclic) bond motifs is 1. The Labute approximate surface area is 233 Å². The molecule has 40 heavy (non-hydrogen) atoms. The van der Waals surface area contributed by atoms with Gasteiger partial charge >= 0.3 is 5.69 Å².